The smallest absolute Gasteiger partial charge is 0.0724 e. The summed E-state index contributed by atoms with van der Waals surface area (Å²) in [4.78, 5) is 0.931. The van der Waals surface area contributed by atoms with Crippen LogP contribution in [0.5, 0.6) is 0 Å². The van der Waals surface area contributed by atoms with Crippen molar-refractivity contribution in [1.29, 1.82) is 0 Å². The second-order valence-electron chi connectivity index (χ2n) is 2.03. The largest absolute Gasteiger partial charge is 0.402 e. The Balaban J connectivity index is 2.95. The van der Waals surface area contributed by atoms with Gasteiger partial charge in [-0.15, -0.1) is 0 Å². The van der Waals surface area contributed by atoms with E-state index in [1.54, 1.807) is 6.20 Å². The molecular formula is C6H9N3S. The molecular weight excluding hydrogens is 146 g/mol. The van der Waals surface area contributed by atoms with E-state index in [0.717, 1.165) is 10.6 Å². The first-order valence-electron chi connectivity index (χ1n) is 2.84. The van der Waals surface area contributed by atoms with Gasteiger partial charge in [0.05, 0.1) is 16.8 Å². The van der Waals surface area contributed by atoms with Gasteiger partial charge in [-0.3, -0.25) is 0 Å². The molecule has 0 atom stereocenters. The minimum atomic E-state index is 0.690. The number of rotatable bonds is 1. The van der Waals surface area contributed by atoms with Crippen molar-refractivity contribution in [3.05, 3.63) is 16.8 Å². The fraction of sp³-hybridized carbons (Fsp3) is 0.167. The molecule has 0 aliphatic rings. The quantitative estimate of drug-likeness (QED) is 0.637. The topological polar surface area (TPSA) is 64.9 Å². The monoisotopic (exact) mass is 155 g/mol. The van der Waals surface area contributed by atoms with Crippen LogP contribution in [0.1, 0.15) is 11.8 Å². The molecule has 0 aliphatic carbocycles. The van der Waals surface area contributed by atoms with Crippen molar-refractivity contribution in [2.24, 2.45) is 5.73 Å². The molecule has 0 radical (unpaired) electrons. The Hall–Kier alpha value is -1.03. The zero-order valence-electron chi connectivity index (χ0n) is 5.66. The highest BCUT2D eigenvalue weighted by Crippen LogP contribution is 2.17. The summed E-state index contributed by atoms with van der Waals surface area (Å²) in [6.45, 7) is 1.82. The van der Waals surface area contributed by atoms with Gasteiger partial charge in [-0.25, -0.2) is 0 Å². The SMILES string of the molecule is C/C(N)=C/c1sncc1N. The predicted octanol–water partition coefficient (Wildman–Crippen LogP) is 1.04. The lowest BCUT2D eigenvalue weighted by molar-refractivity contribution is 1.35. The number of anilines is 1. The van der Waals surface area contributed by atoms with Crippen LogP contribution in [0.15, 0.2) is 11.9 Å². The van der Waals surface area contributed by atoms with Gasteiger partial charge in [0.1, 0.15) is 0 Å². The van der Waals surface area contributed by atoms with E-state index in [2.05, 4.69) is 4.37 Å². The lowest BCUT2D eigenvalue weighted by Crippen LogP contribution is -1.90. The molecule has 1 heterocycles. The first-order chi connectivity index (χ1) is 4.70. The van der Waals surface area contributed by atoms with Gasteiger partial charge in [-0.2, -0.15) is 4.37 Å². The van der Waals surface area contributed by atoms with Gasteiger partial charge in [-0.05, 0) is 24.5 Å². The molecule has 1 aromatic rings. The zero-order chi connectivity index (χ0) is 7.56. The first-order valence-corrected chi connectivity index (χ1v) is 3.61. The van der Waals surface area contributed by atoms with Gasteiger partial charge in [0.2, 0.25) is 0 Å². The summed E-state index contributed by atoms with van der Waals surface area (Å²) in [6, 6.07) is 0. The van der Waals surface area contributed by atoms with E-state index in [9.17, 15) is 0 Å². The Bertz CT molecular complexity index is 247. The second-order valence-corrected chi connectivity index (χ2v) is 2.87. The molecule has 54 valence electrons. The Kier molecular flexibility index (Phi) is 1.91. The minimum Gasteiger partial charge on any atom is -0.402 e. The lowest BCUT2D eigenvalue weighted by Gasteiger charge is -1.88. The molecule has 0 aliphatic heterocycles. The van der Waals surface area contributed by atoms with E-state index in [1.807, 2.05) is 13.0 Å². The summed E-state index contributed by atoms with van der Waals surface area (Å²) >= 11 is 1.35. The van der Waals surface area contributed by atoms with Gasteiger partial charge >= 0.3 is 0 Å². The highest BCUT2D eigenvalue weighted by molar-refractivity contribution is 7.07. The normalized spacial score (nSPS) is 11.9. The van der Waals surface area contributed by atoms with Crippen molar-refractivity contribution in [3.8, 4) is 0 Å². The molecule has 0 unspecified atom stereocenters. The van der Waals surface area contributed by atoms with Crippen molar-refractivity contribution in [3.63, 3.8) is 0 Å². The fourth-order valence-electron chi connectivity index (χ4n) is 0.573. The summed E-state index contributed by atoms with van der Waals surface area (Å²) in [5.41, 5.74) is 12.4. The third-order valence-corrected chi connectivity index (χ3v) is 1.75. The van der Waals surface area contributed by atoms with Gasteiger partial charge in [-0.1, -0.05) is 0 Å². The molecule has 1 rings (SSSR count). The number of allylic oxidation sites excluding steroid dienone is 1. The number of hydrogen-bond donors (Lipinski definition) is 2. The molecule has 0 fully saturated rings. The lowest BCUT2D eigenvalue weighted by atomic mass is 10.3. The summed E-state index contributed by atoms with van der Waals surface area (Å²) in [5.74, 6) is 0. The van der Waals surface area contributed by atoms with Crippen LogP contribution in [-0.4, -0.2) is 4.37 Å². The van der Waals surface area contributed by atoms with Crippen molar-refractivity contribution in [2.45, 2.75) is 6.92 Å². The maximum Gasteiger partial charge on any atom is 0.0724 e. The van der Waals surface area contributed by atoms with Crippen LogP contribution in [0, 0.1) is 0 Å². The molecule has 4 N–H and O–H groups in total. The van der Waals surface area contributed by atoms with Crippen molar-refractivity contribution < 1.29 is 0 Å². The summed E-state index contributed by atoms with van der Waals surface area (Å²) in [5, 5.41) is 0. The van der Waals surface area contributed by atoms with E-state index >= 15 is 0 Å². The predicted molar refractivity (Wildman–Crippen MR) is 44.4 cm³/mol. The van der Waals surface area contributed by atoms with Crippen molar-refractivity contribution in [2.75, 3.05) is 5.73 Å². The van der Waals surface area contributed by atoms with Gasteiger partial charge in [0.15, 0.2) is 0 Å². The Morgan fingerprint density at radius 2 is 2.50 bits per heavy atom. The average Bonchev–Trinajstić information content (AvgIpc) is 2.15. The number of aromatic nitrogens is 1. The fourth-order valence-corrected chi connectivity index (χ4v) is 1.25. The molecule has 3 nitrogen and oxygen atoms in total. The van der Waals surface area contributed by atoms with Gasteiger partial charge in [0.25, 0.3) is 0 Å². The van der Waals surface area contributed by atoms with E-state index in [-0.39, 0.29) is 0 Å². The molecule has 0 spiro atoms. The summed E-state index contributed by atoms with van der Waals surface area (Å²) in [6.07, 6.45) is 3.44. The Morgan fingerprint density at radius 1 is 1.80 bits per heavy atom. The average molecular weight is 155 g/mol. The second kappa shape index (κ2) is 2.70. The minimum absolute atomic E-state index is 0.690. The number of nitrogens with zero attached hydrogens (tertiary/aromatic N) is 1. The third kappa shape index (κ3) is 1.48. The maximum atomic E-state index is 5.54. The van der Waals surface area contributed by atoms with Crippen molar-refractivity contribution >= 4 is 23.3 Å². The van der Waals surface area contributed by atoms with E-state index in [1.165, 1.54) is 11.5 Å². The molecule has 0 amide bonds. The number of hydrogen-bond acceptors (Lipinski definition) is 4. The molecule has 1 aromatic heterocycles. The zero-order valence-corrected chi connectivity index (χ0v) is 6.48. The van der Waals surface area contributed by atoms with E-state index < -0.39 is 0 Å². The van der Waals surface area contributed by atoms with Crippen LogP contribution in [0.25, 0.3) is 6.08 Å². The maximum absolute atomic E-state index is 5.54. The van der Waals surface area contributed by atoms with Crippen LogP contribution < -0.4 is 11.5 Å². The summed E-state index contributed by atoms with van der Waals surface area (Å²) in [7, 11) is 0. The molecule has 0 aromatic carbocycles. The van der Waals surface area contributed by atoms with E-state index in [0.29, 0.717) is 5.69 Å². The molecule has 0 saturated heterocycles. The van der Waals surface area contributed by atoms with Crippen LogP contribution >= 0.6 is 11.5 Å². The van der Waals surface area contributed by atoms with Gasteiger partial charge < -0.3 is 11.5 Å². The van der Waals surface area contributed by atoms with Gasteiger partial charge in [0, 0.05) is 5.70 Å². The Morgan fingerprint density at radius 3 is 2.90 bits per heavy atom. The summed E-state index contributed by atoms with van der Waals surface area (Å²) < 4.78 is 3.89. The number of nitrogen functional groups attached to an aromatic ring is 1. The highest BCUT2D eigenvalue weighted by atomic mass is 32.1. The van der Waals surface area contributed by atoms with Crippen LogP contribution in [0.4, 0.5) is 5.69 Å². The van der Waals surface area contributed by atoms with Crippen LogP contribution in [0.2, 0.25) is 0 Å². The standard InChI is InChI=1S/C6H9N3S/c1-4(7)2-6-5(8)3-9-10-6/h2-3H,7-8H2,1H3/b4-2-. The third-order valence-electron chi connectivity index (χ3n) is 0.986. The van der Waals surface area contributed by atoms with Crippen LogP contribution in [0.3, 0.4) is 0 Å². The van der Waals surface area contributed by atoms with E-state index in [4.69, 9.17) is 11.5 Å². The highest BCUT2D eigenvalue weighted by Gasteiger charge is 1.96. The molecule has 10 heavy (non-hydrogen) atoms. The molecule has 0 bridgehead atoms. The first kappa shape index (κ1) is 7.08. The Labute approximate surface area is 63.5 Å². The van der Waals surface area contributed by atoms with Crippen LogP contribution in [-0.2, 0) is 0 Å². The molecule has 4 heteroatoms. The number of nitrogens with two attached hydrogens (primary N) is 2. The van der Waals surface area contributed by atoms with Crippen molar-refractivity contribution in [1.82, 2.24) is 4.37 Å². The molecule has 0 saturated carbocycles.